The third-order valence-electron chi connectivity index (χ3n) is 3.80. The Morgan fingerprint density at radius 3 is 2.30 bits per heavy atom. The average Bonchev–Trinajstić information content (AvgIpc) is 2.90. The lowest BCUT2D eigenvalue weighted by Gasteiger charge is -2.09. The van der Waals surface area contributed by atoms with Crippen LogP contribution in [-0.4, -0.2) is 7.28 Å². The highest BCUT2D eigenvalue weighted by Gasteiger charge is 2.14. The minimum Gasteiger partial charge on any atom is -0.223 e. The lowest BCUT2D eigenvalue weighted by atomic mass is 9.79. The van der Waals surface area contributed by atoms with Crippen molar-refractivity contribution in [2.75, 3.05) is 0 Å². The van der Waals surface area contributed by atoms with Gasteiger partial charge in [-0.25, -0.2) is 4.39 Å². The number of fused-ring (bicyclic) bond motifs is 2. The number of benzene rings is 3. The van der Waals surface area contributed by atoms with Crippen molar-refractivity contribution < 1.29 is 4.39 Å². The van der Waals surface area contributed by atoms with Crippen LogP contribution in [0.5, 0.6) is 0 Å². The van der Waals surface area contributed by atoms with Crippen LogP contribution >= 0.6 is 0 Å². The van der Waals surface area contributed by atoms with E-state index in [-0.39, 0.29) is 5.73 Å². The maximum Gasteiger partial charge on any atom is 0.222 e. The van der Waals surface area contributed by atoms with Gasteiger partial charge in [0.15, 0.2) is 0 Å². The smallest absolute Gasteiger partial charge is 0.222 e. The van der Waals surface area contributed by atoms with Crippen LogP contribution in [0.2, 0.25) is 0 Å². The molecule has 0 amide bonds. The molecule has 0 aromatic heterocycles. The van der Waals surface area contributed by atoms with Crippen molar-refractivity contribution in [3.8, 4) is 0 Å². The normalized spacial score (nSPS) is 14.2. The summed E-state index contributed by atoms with van der Waals surface area (Å²) in [6.45, 7) is 0. The van der Waals surface area contributed by atoms with Crippen molar-refractivity contribution in [2.45, 2.75) is 0 Å². The molecule has 0 aliphatic carbocycles. The van der Waals surface area contributed by atoms with Gasteiger partial charge in [-0.3, -0.25) is 0 Å². The standard InChI is InChI=1S/C18H11BF/c20-18-16(8-9-19-18)15-7-3-6-14-10-12-4-1-2-5-13(12)11-17(14)15/h1-11H. The molecule has 0 fully saturated rings. The van der Waals surface area contributed by atoms with E-state index in [0.29, 0.717) is 5.57 Å². The molecule has 0 nitrogen and oxygen atoms in total. The summed E-state index contributed by atoms with van der Waals surface area (Å²) in [5.74, 6) is 1.75. The number of hydrogen-bond acceptors (Lipinski definition) is 0. The first-order valence-corrected chi connectivity index (χ1v) is 6.66. The summed E-state index contributed by atoms with van der Waals surface area (Å²) >= 11 is 0. The molecule has 0 spiro atoms. The fourth-order valence-corrected chi connectivity index (χ4v) is 2.82. The van der Waals surface area contributed by atoms with Gasteiger partial charge in [0.05, 0.1) is 5.73 Å². The summed E-state index contributed by atoms with van der Waals surface area (Å²) in [6.07, 6.45) is 1.83. The fraction of sp³-hybridized carbons (Fsp3) is 0. The minimum atomic E-state index is -0.161. The molecule has 1 aliphatic rings. The summed E-state index contributed by atoms with van der Waals surface area (Å²) in [6, 6.07) is 18.6. The predicted molar refractivity (Wildman–Crippen MR) is 84.4 cm³/mol. The van der Waals surface area contributed by atoms with E-state index in [4.69, 9.17) is 0 Å². The molecule has 0 saturated heterocycles. The summed E-state index contributed by atoms with van der Waals surface area (Å²) in [4.78, 5) is 0. The van der Waals surface area contributed by atoms with E-state index in [0.717, 1.165) is 16.3 Å². The second-order valence-electron chi connectivity index (χ2n) is 5.01. The minimum absolute atomic E-state index is 0.161. The molecule has 0 unspecified atom stereocenters. The Bertz CT molecular complexity index is 890. The third kappa shape index (κ3) is 1.69. The highest BCUT2D eigenvalue weighted by atomic mass is 19.1. The molecule has 93 valence electrons. The fourth-order valence-electron chi connectivity index (χ4n) is 2.82. The monoisotopic (exact) mass is 257 g/mol. The lowest BCUT2D eigenvalue weighted by Crippen LogP contribution is -1.87. The average molecular weight is 257 g/mol. The molecule has 0 N–H and O–H groups in total. The van der Waals surface area contributed by atoms with Crippen molar-refractivity contribution in [2.24, 2.45) is 0 Å². The highest BCUT2D eigenvalue weighted by Crippen LogP contribution is 2.33. The molecule has 2 heteroatoms. The molecule has 0 atom stereocenters. The van der Waals surface area contributed by atoms with Crippen molar-refractivity contribution in [1.29, 1.82) is 0 Å². The van der Waals surface area contributed by atoms with E-state index < -0.39 is 0 Å². The Morgan fingerprint density at radius 1 is 0.800 bits per heavy atom. The maximum atomic E-state index is 13.9. The number of hydrogen-bond donors (Lipinski definition) is 0. The van der Waals surface area contributed by atoms with E-state index in [1.165, 1.54) is 18.1 Å². The summed E-state index contributed by atoms with van der Waals surface area (Å²) in [5, 5.41) is 4.62. The molecular formula is C18H11BF. The van der Waals surface area contributed by atoms with Crippen LogP contribution in [-0.2, 0) is 0 Å². The van der Waals surface area contributed by atoms with E-state index in [1.54, 1.807) is 5.98 Å². The SMILES string of the molecule is FC1=C(c2cccc3cc4ccccc4cc23)C=C[B]1. The molecular weight excluding hydrogens is 246 g/mol. The van der Waals surface area contributed by atoms with E-state index >= 15 is 0 Å². The Kier molecular flexibility index (Phi) is 2.49. The molecule has 4 rings (SSSR count). The Labute approximate surface area is 117 Å². The van der Waals surface area contributed by atoms with Gasteiger partial charge in [-0.1, -0.05) is 48.5 Å². The molecule has 1 radical (unpaired) electrons. The van der Waals surface area contributed by atoms with Crippen LogP contribution in [0.25, 0.3) is 27.1 Å². The van der Waals surface area contributed by atoms with Gasteiger partial charge in [-0.15, -0.1) is 5.98 Å². The second kappa shape index (κ2) is 4.34. The van der Waals surface area contributed by atoms with Crippen molar-refractivity contribution in [1.82, 2.24) is 0 Å². The van der Waals surface area contributed by atoms with Crippen molar-refractivity contribution in [3.05, 3.63) is 77.9 Å². The number of allylic oxidation sites excluding steroid dienone is 2. The molecule has 1 aliphatic heterocycles. The van der Waals surface area contributed by atoms with Gasteiger partial charge in [0.2, 0.25) is 7.28 Å². The van der Waals surface area contributed by atoms with Crippen LogP contribution in [0.15, 0.2) is 72.4 Å². The molecule has 1 heterocycles. The zero-order chi connectivity index (χ0) is 13.5. The first-order chi connectivity index (χ1) is 9.83. The van der Waals surface area contributed by atoms with E-state index in [2.05, 4.69) is 30.3 Å². The molecule has 3 aromatic carbocycles. The highest BCUT2D eigenvalue weighted by molar-refractivity contribution is 6.54. The zero-order valence-corrected chi connectivity index (χ0v) is 10.8. The topological polar surface area (TPSA) is 0 Å². The van der Waals surface area contributed by atoms with Gasteiger partial charge in [-0.05, 0) is 39.2 Å². The Morgan fingerprint density at radius 2 is 1.55 bits per heavy atom. The van der Waals surface area contributed by atoms with Crippen LogP contribution < -0.4 is 0 Å². The van der Waals surface area contributed by atoms with Crippen LogP contribution in [0.1, 0.15) is 5.56 Å². The largest absolute Gasteiger partial charge is 0.223 e. The quantitative estimate of drug-likeness (QED) is 0.431. The van der Waals surface area contributed by atoms with Gasteiger partial charge >= 0.3 is 0 Å². The van der Waals surface area contributed by atoms with Gasteiger partial charge in [-0.2, -0.15) is 0 Å². The Hall–Kier alpha value is -2.35. The predicted octanol–water partition coefficient (Wildman–Crippen LogP) is 4.86. The van der Waals surface area contributed by atoms with Gasteiger partial charge in [0.1, 0.15) is 0 Å². The van der Waals surface area contributed by atoms with Gasteiger partial charge < -0.3 is 0 Å². The summed E-state index contributed by atoms with van der Waals surface area (Å²) < 4.78 is 13.9. The van der Waals surface area contributed by atoms with Gasteiger partial charge in [0, 0.05) is 5.57 Å². The van der Waals surface area contributed by atoms with Crippen molar-refractivity contribution >= 4 is 34.4 Å². The molecule has 0 saturated carbocycles. The third-order valence-corrected chi connectivity index (χ3v) is 3.80. The van der Waals surface area contributed by atoms with E-state index in [9.17, 15) is 4.39 Å². The lowest BCUT2D eigenvalue weighted by molar-refractivity contribution is 0.697. The first kappa shape index (κ1) is 11.5. The van der Waals surface area contributed by atoms with E-state index in [1.807, 2.05) is 30.3 Å². The Balaban J connectivity index is 2.09. The first-order valence-electron chi connectivity index (χ1n) is 6.66. The van der Waals surface area contributed by atoms with Crippen molar-refractivity contribution in [3.63, 3.8) is 0 Å². The van der Waals surface area contributed by atoms with Crippen LogP contribution in [0, 0.1) is 0 Å². The summed E-state index contributed by atoms with van der Waals surface area (Å²) in [7, 11) is 1.51. The number of rotatable bonds is 1. The second-order valence-corrected chi connectivity index (χ2v) is 5.01. The van der Waals surface area contributed by atoms with Crippen LogP contribution in [0.3, 0.4) is 0 Å². The summed E-state index contributed by atoms with van der Waals surface area (Å²) in [5.41, 5.74) is 1.47. The van der Waals surface area contributed by atoms with Crippen LogP contribution in [0.4, 0.5) is 4.39 Å². The number of halogens is 1. The van der Waals surface area contributed by atoms with Gasteiger partial charge in [0.25, 0.3) is 0 Å². The molecule has 0 bridgehead atoms. The zero-order valence-electron chi connectivity index (χ0n) is 10.8. The maximum absolute atomic E-state index is 13.9. The molecule has 20 heavy (non-hydrogen) atoms. The molecule has 3 aromatic rings.